The molecule has 0 aliphatic heterocycles. The Morgan fingerprint density at radius 1 is 1.16 bits per heavy atom. The number of nitrogens with zero attached hydrogens (tertiary/aromatic N) is 1. The fourth-order valence-electron chi connectivity index (χ4n) is 3.42. The molecule has 2 aromatic carbocycles. The Hall–Kier alpha value is -3.11. The Labute approximate surface area is 235 Å². The van der Waals surface area contributed by atoms with Crippen LogP contribution in [0.4, 0.5) is 5.13 Å². The van der Waals surface area contributed by atoms with E-state index >= 15 is 0 Å². The molecule has 0 bridgehead atoms. The molecule has 3 aromatic rings. The molecule has 2 N–H and O–H groups in total. The second-order valence-electron chi connectivity index (χ2n) is 9.41. The monoisotopic (exact) mass is 578 g/mol. The summed E-state index contributed by atoms with van der Waals surface area (Å²) in [5.41, 5.74) is 2.75. The molecule has 8 nitrogen and oxygen atoms in total. The number of carbonyl (C=O) groups is 2. The maximum atomic E-state index is 12.9. The molecule has 0 aliphatic carbocycles. The first kappa shape index (κ1) is 29.4. The largest absolute Gasteiger partial charge is 0.496 e. The van der Waals surface area contributed by atoms with Gasteiger partial charge in [0.15, 0.2) is 5.13 Å². The van der Waals surface area contributed by atoms with Crippen LogP contribution in [-0.2, 0) is 20.9 Å². The highest BCUT2D eigenvalue weighted by molar-refractivity contribution is 7.14. The summed E-state index contributed by atoms with van der Waals surface area (Å²) >= 11 is 13.8. The van der Waals surface area contributed by atoms with E-state index in [2.05, 4.69) is 31.1 Å². The van der Waals surface area contributed by atoms with E-state index in [4.69, 9.17) is 42.5 Å². The number of halogens is 2. The van der Waals surface area contributed by atoms with E-state index in [1.54, 1.807) is 7.11 Å². The number of aliphatic carboxylic acids is 1. The van der Waals surface area contributed by atoms with Crippen LogP contribution >= 0.6 is 34.5 Å². The van der Waals surface area contributed by atoms with Gasteiger partial charge in [0, 0.05) is 27.6 Å². The predicted molar refractivity (Wildman–Crippen MR) is 150 cm³/mol. The first-order valence-corrected chi connectivity index (χ1v) is 13.1. The van der Waals surface area contributed by atoms with Crippen LogP contribution < -0.4 is 10.1 Å². The van der Waals surface area contributed by atoms with Gasteiger partial charge in [-0.3, -0.25) is 10.1 Å². The lowest BCUT2D eigenvalue weighted by Crippen LogP contribution is -2.14. The zero-order valence-corrected chi connectivity index (χ0v) is 23.9. The van der Waals surface area contributed by atoms with Crippen LogP contribution in [0.25, 0.3) is 17.3 Å². The van der Waals surface area contributed by atoms with Crippen LogP contribution in [-0.4, -0.2) is 42.8 Å². The van der Waals surface area contributed by atoms with Gasteiger partial charge in [0.1, 0.15) is 5.75 Å². The Bertz CT molecular complexity index is 1340. The van der Waals surface area contributed by atoms with Gasteiger partial charge in [0.05, 0.1) is 43.2 Å². The molecule has 11 heteroatoms. The number of rotatable bonds is 10. The maximum absolute atomic E-state index is 12.9. The Kier molecular flexibility index (Phi) is 9.78. The molecule has 202 valence electrons. The molecule has 0 fully saturated rings. The first-order valence-electron chi connectivity index (χ1n) is 11.4. The predicted octanol–water partition coefficient (Wildman–Crippen LogP) is 7.01. The highest BCUT2D eigenvalue weighted by atomic mass is 35.5. The van der Waals surface area contributed by atoms with Gasteiger partial charge in [-0.2, -0.15) is 0 Å². The molecule has 0 aliphatic rings. The molecule has 0 unspecified atom stereocenters. The summed E-state index contributed by atoms with van der Waals surface area (Å²) < 4.78 is 16.4. The number of carbonyl (C=O) groups excluding carboxylic acids is 1. The minimum atomic E-state index is -1.28. The number of anilines is 1. The van der Waals surface area contributed by atoms with E-state index in [1.165, 1.54) is 36.7 Å². The van der Waals surface area contributed by atoms with Crippen molar-refractivity contribution in [2.45, 2.75) is 27.4 Å². The SMILES string of the molecule is COC(=Cc1c(Cl)cc(C(=O)Nc2nc(-c3cccc(COCC(C)(C)C)c3OC)cs2)cc1Cl)C(=O)O. The lowest BCUT2D eigenvalue weighted by atomic mass is 9.99. The maximum Gasteiger partial charge on any atom is 0.371 e. The molecule has 0 saturated heterocycles. The normalized spacial score (nSPS) is 11.8. The number of para-hydroxylation sites is 1. The van der Waals surface area contributed by atoms with Crippen molar-refractivity contribution in [2.24, 2.45) is 5.41 Å². The third-order valence-corrected chi connectivity index (χ3v) is 6.52. The van der Waals surface area contributed by atoms with Gasteiger partial charge in [0.2, 0.25) is 5.76 Å². The van der Waals surface area contributed by atoms with Crippen LogP contribution in [0.2, 0.25) is 10.0 Å². The number of benzene rings is 2. The molecule has 0 radical (unpaired) electrons. The number of hydrogen-bond donors (Lipinski definition) is 2. The number of ether oxygens (including phenoxy) is 3. The molecule has 1 aromatic heterocycles. The average molecular weight is 580 g/mol. The highest BCUT2D eigenvalue weighted by Crippen LogP contribution is 2.36. The Morgan fingerprint density at radius 3 is 2.42 bits per heavy atom. The van der Waals surface area contributed by atoms with Crippen molar-refractivity contribution in [3.8, 4) is 17.0 Å². The van der Waals surface area contributed by atoms with Crippen molar-refractivity contribution in [1.29, 1.82) is 0 Å². The summed E-state index contributed by atoms with van der Waals surface area (Å²) in [6.45, 7) is 7.32. The van der Waals surface area contributed by atoms with E-state index in [-0.39, 0.29) is 32.3 Å². The van der Waals surface area contributed by atoms with Gasteiger partial charge in [0.25, 0.3) is 5.91 Å². The van der Waals surface area contributed by atoms with Crippen molar-refractivity contribution >= 4 is 57.6 Å². The molecule has 1 amide bonds. The molecule has 38 heavy (non-hydrogen) atoms. The van der Waals surface area contributed by atoms with Crippen LogP contribution in [0.15, 0.2) is 41.5 Å². The Balaban J connectivity index is 1.80. The number of carboxylic acid groups (broad SMARTS) is 1. The average Bonchev–Trinajstić information content (AvgIpc) is 3.30. The van der Waals surface area contributed by atoms with Crippen LogP contribution in [0.1, 0.15) is 42.3 Å². The van der Waals surface area contributed by atoms with E-state index in [0.717, 1.165) is 11.1 Å². The summed E-state index contributed by atoms with van der Waals surface area (Å²) in [6, 6.07) is 8.53. The van der Waals surface area contributed by atoms with Crippen LogP contribution in [0.3, 0.4) is 0 Å². The van der Waals surface area contributed by atoms with E-state index < -0.39 is 11.9 Å². The van der Waals surface area contributed by atoms with Crippen LogP contribution in [0, 0.1) is 5.41 Å². The lowest BCUT2D eigenvalue weighted by molar-refractivity contribution is -0.135. The third-order valence-electron chi connectivity index (χ3n) is 5.14. The molecule has 0 spiro atoms. The van der Waals surface area contributed by atoms with Crippen LogP contribution in [0.5, 0.6) is 5.75 Å². The number of aromatic nitrogens is 1. The number of amides is 1. The molecular formula is C27H28Cl2N2O6S. The smallest absolute Gasteiger partial charge is 0.371 e. The van der Waals surface area contributed by atoms with Crippen molar-refractivity contribution in [3.05, 3.63) is 68.2 Å². The number of thiazole rings is 1. The summed E-state index contributed by atoms with van der Waals surface area (Å²) in [7, 11) is 2.82. The summed E-state index contributed by atoms with van der Waals surface area (Å²) in [5.74, 6) is -1.45. The molecule has 3 rings (SSSR count). The molecular weight excluding hydrogens is 551 g/mol. The van der Waals surface area contributed by atoms with Gasteiger partial charge in [-0.05, 0) is 29.7 Å². The van der Waals surface area contributed by atoms with Gasteiger partial charge in [-0.25, -0.2) is 9.78 Å². The van der Waals surface area contributed by atoms with Crippen molar-refractivity contribution in [3.63, 3.8) is 0 Å². The zero-order valence-electron chi connectivity index (χ0n) is 21.6. The van der Waals surface area contributed by atoms with E-state index in [9.17, 15) is 9.59 Å². The lowest BCUT2D eigenvalue weighted by Gasteiger charge is -2.19. The van der Waals surface area contributed by atoms with Crippen molar-refractivity contribution in [1.82, 2.24) is 4.98 Å². The quantitative estimate of drug-likeness (QED) is 0.197. The van der Waals surface area contributed by atoms with Gasteiger partial charge in [-0.1, -0.05) is 56.1 Å². The highest BCUT2D eigenvalue weighted by Gasteiger charge is 2.18. The van der Waals surface area contributed by atoms with E-state index in [0.29, 0.717) is 29.8 Å². The van der Waals surface area contributed by atoms with Gasteiger partial charge < -0.3 is 19.3 Å². The topological polar surface area (TPSA) is 107 Å². The summed E-state index contributed by atoms with van der Waals surface area (Å²) in [6.07, 6.45) is 1.19. The fraction of sp³-hybridized carbons (Fsp3) is 0.296. The Morgan fingerprint density at radius 2 is 1.84 bits per heavy atom. The standard InChI is InChI=1S/C27H28Cl2N2O6S/c1-27(2,3)14-37-12-15-7-6-8-17(23(15)36-5)21-13-38-26(30-21)31-24(32)16-9-19(28)18(20(29)10-16)11-22(35-4)25(33)34/h6-11,13H,12,14H2,1-5H3,(H,33,34)(H,30,31,32). The van der Waals surface area contributed by atoms with Gasteiger partial charge >= 0.3 is 5.97 Å². The summed E-state index contributed by atoms with van der Waals surface area (Å²) in [4.78, 5) is 28.7. The third kappa shape index (κ3) is 7.48. The molecule has 0 saturated carbocycles. The summed E-state index contributed by atoms with van der Waals surface area (Å²) in [5, 5.41) is 14.3. The zero-order chi connectivity index (χ0) is 28.0. The fourth-order valence-corrected chi connectivity index (χ4v) is 4.73. The molecule has 0 atom stereocenters. The second kappa shape index (κ2) is 12.6. The number of carboxylic acids is 1. The number of hydrogen-bond acceptors (Lipinski definition) is 7. The van der Waals surface area contributed by atoms with Gasteiger partial charge in [-0.15, -0.1) is 11.3 Å². The first-order chi connectivity index (χ1) is 17.9. The number of methoxy groups -OCH3 is 2. The minimum Gasteiger partial charge on any atom is -0.496 e. The minimum absolute atomic E-state index is 0.0453. The van der Waals surface area contributed by atoms with Crippen molar-refractivity contribution in [2.75, 3.05) is 26.1 Å². The van der Waals surface area contributed by atoms with E-state index in [1.807, 2.05) is 23.6 Å². The number of nitrogens with one attached hydrogen (secondary N) is 1. The molecule has 1 heterocycles. The van der Waals surface area contributed by atoms with Crippen molar-refractivity contribution < 1.29 is 28.9 Å². The second-order valence-corrected chi connectivity index (χ2v) is 11.1.